The van der Waals surface area contributed by atoms with Crippen molar-refractivity contribution in [1.82, 2.24) is 5.32 Å². The van der Waals surface area contributed by atoms with E-state index < -0.39 is 17.7 Å². The highest BCUT2D eigenvalue weighted by Crippen LogP contribution is 2.32. The topological polar surface area (TPSA) is 12.0 Å². The maximum atomic E-state index is 14.2. The van der Waals surface area contributed by atoms with Crippen molar-refractivity contribution in [3.63, 3.8) is 0 Å². The highest BCUT2D eigenvalue weighted by Gasteiger charge is 2.23. The molecule has 0 amide bonds. The molecule has 1 atom stereocenters. The van der Waals surface area contributed by atoms with Crippen molar-refractivity contribution in [2.75, 3.05) is 6.54 Å². The summed E-state index contributed by atoms with van der Waals surface area (Å²) in [6, 6.07) is 6.06. The van der Waals surface area contributed by atoms with Gasteiger partial charge in [0.25, 0.3) is 0 Å². The zero-order valence-electron chi connectivity index (χ0n) is 11.3. The minimum Gasteiger partial charge on any atom is -0.305 e. The zero-order chi connectivity index (χ0) is 14.7. The predicted molar refractivity (Wildman–Crippen MR) is 83.3 cm³/mol. The van der Waals surface area contributed by atoms with E-state index in [0.717, 1.165) is 16.2 Å². The number of thiophene rings is 1. The molecule has 0 aliphatic heterocycles. The van der Waals surface area contributed by atoms with Crippen LogP contribution in [0.2, 0.25) is 0 Å². The van der Waals surface area contributed by atoms with Gasteiger partial charge in [0, 0.05) is 19.8 Å². The molecule has 0 bridgehead atoms. The Bertz CT molecular complexity index is 574. The Balaban J connectivity index is 2.46. The van der Waals surface area contributed by atoms with Crippen LogP contribution >= 0.6 is 27.3 Å². The molecule has 1 aromatic heterocycles. The molecule has 20 heavy (non-hydrogen) atoms. The third kappa shape index (κ3) is 3.45. The molecule has 108 valence electrons. The standard InChI is InChI=1S/C15H16BrF2NS/c1-3-6-19-15(13-5-4-9(2)20-13)14-11(17)7-10(16)8-12(14)18/h4-5,7-8,15,19H,3,6H2,1-2H3. The molecule has 0 fully saturated rings. The molecule has 0 saturated heterocycles. The zero-order valence-corrected chi connectivity index (χ0v) is 13.7. The van der Waals surface area contributed by atoms with E-state index in [4.69, 9.17) is 0 Å². The quantitative estimate of drug-likeness (QED) is 0.774. The summed E-state index contributed by atoms with van der Waals surface area (Å²) in [5.74, 6) is -1.06. The van der Waals surface area contributed by atoms with Crippen LogP contribution in [0.1, 0.15) is 34.7 Å². The number of hydrogen-bond acceptors (Lipinski definition) is 2. The maximum absolute atomic E-state index is 14.2. The normalized spacial score (nSPS) is 12.7. The fourth-order valence-electron chi connectivity index (χ4n) is 2.07. The average molecular weight is 360 g/mol. The molecule has 1 heterocycles. The molecule has 1 aromatic carbocycles. The summed E-state index contributed by atoms with van der Waals surface area (Å²) < 4.78 is 28.8. The van der Waals surface area contributed by atoms with Gasteiger partial charge in [0.15, 0.2) is 0 Å². The minimum absolute atomic E-state index is 0.0866. The lowest BCUT2D eigenvalue weighted by Gasteiger charge is -2.19. The summed E-state index contributed by atoms with van der Waals surface area (Å²) in [6.45, 7) is 4.72. The predicted octanol–water partition coefficient (Wildman–Crippen LogP) is 5.19. The molecule has 1 nitrogen and oxygen atoms in total. The first kappa shape index (κ1) is 15.6. The highest BCUT2D eigenvalue weighted by molar-refractivity contribution is 9.10. The van der Waals surface area contributed by atoms with Gasteiger partial charge in [-0.05, 0) is 44.2 Å². The largest absolute Gasteiger partial charge is 0.305 e. The molecule has 0 spiro atoms. The fourth-order valence-corrected chi connectivity index (χ4v) is 3.44. The highest BCUT2D eigenvalue weighted by atomic mass is 79.9. The molecule has 5 heteroatoms. The SMILES string of the molecule is CCCNC(c1ccc(C)s1)c1c(F)cc(Br)cc1F. The summed E-state index contributed by atoms with van der Waals surface area (Å²) in [5.41, 5.74) is 0.0866. The molecule has 1 N–H and O–H groups in total. The van der Waals surface area contributed by atoms with Gasteiger partial charge in [0.05, 0.1) is 6.04 Å². The van der Waals surface area contributed by atoms with Gasteiger partial charge in [-0.25, -0.2) is 8.78 Å². The van der Waals surface area contributed by atoms with Gasteiger partial charge in [-0.3, -0.25) is 0 Å². The van der Waals surface area contributed by atoms with Crippen molar-refractivity contribution in [3.05, 3.63) is 55.7 Å². The Labute approximate surface area is 130 Å². The van der Waals surface area contributed by atoms with E-state index in [-0.39, 0.29) is 5.56 Å². The summed E-state index contributed by atoms with van der Waals surface area (Å²) >= 11 is 4.67. The van der Waals surface area contributed by atoms with Gasteiger partial charge in [-0.1, -0.05) is 22.9 Å². The van der Waals surface area contributed by atoms with E-state index in [1.807, 2.05) is 26.0 Å². The monoisotopic (exact) mass is 359 g/mol. The van der Waals surface area contributed by atoms with Gasteiger partial charge in [0.1, 0.15) is 11.6 Å². The second-order valence-corrected chi connectivity index (χ2v) is 6.85. The van der Waals surface area contributed by atoms with Gasteiger partial charge >= 0.3 is 0 Å². The summed E-state index contributed by atoms with van der Waals surface area (Å²) in [4.78, 5) is 2.05. The summed E-state index contributed by atoms with van der Waals surface area (Å²) in [5, 5.41) is 3.23. The first-order chi connectivity index (χ1) is 9.52. The third-order valence-electron chi connectivity index (χ3n) is 2.98. The van der Waals surface area contributed by atoms with E-state index in [9.17, 15) is 8.78 Å². The van der Waals surface area contributed by atoms with Crippen LogP contribution < -0.4 is 5.32 Å². The van der Waals surface area contributed by atoms with Gasteiger partial charge in [0.2, 0.25) is 0 Å². The van der Waals surface area contributed by atoms with E-state index in [2.05, 4.69) is 21.2 Å². The molecule has 2 rings (SSSR count). The number of nitrogens with one attached hydrogen (secondary N) is 1. The Morgan fingerprint density at radius 3 is 2.40 bits per heavy atom. The molecule has 1 unspecified atom stereocenters. The van der Waals surface area contributed by atoms with Crippen LogP contribution in [0.15, 0.2) is 28.7 Å². The van der Waals surface area contributed by atoms with Crippen molar-refractivity contribution in [1.29, 1.82) is 0 Å². The molecule has 2 aromatic rings. The maximum Gasteiger partial charge on any atom is 0.132 e. The van der Waals surface area contributed by atoms with E-state index in [0.29, 0.717) is 11.0 Å². The molecule has 0 saturated carbocycles. The smallest absolute Gasteiger partial charge is 0.132 e. The van der Waals surface area contributed by atoms with Crippen molar-refractivity contribution in [3.8, 4) is 0 Å². The Morgan fingerprint density at radius 2 is 1.90 bits per heavy atom. The Morgan fingerprint density at radius 1 is 1.25 bits per heavy atom. The average Bonchev–Trinajstić information content (AvgIpc) is 2.78. The lowest BCUT2D eigenvalue weighted by molar-refractivity contribution is 0.505. The minimum atomic E-state index is -0.531. The van der Waals surface area contributed by atoms with Crippen LogP contribution in [0, 0.1) is 18.6 Å². The van der Waals surface area contributed by atoms with Gasteiger partial charge in [-0.15, -0.1) is 11.3 Å². The van der Waals surface area contributed by atoms with E-state index >= 15 is 0 Å². The number of aryl methyl sites for hydroxylation is 1. The van der Waals surface area contributed by atoms with Crippen LogP contribution in [0.3, 0.4) is 0 Å². The van der Waals surface area contributed by atoms with E-state index in [1.54, 1.807) is 11.3 Å². The number of halogens is 3. The first-order valence-electron chi connectivity index (χ1n) is 6.47. The van der Waals surface area contributed by atoms with Crippen LogP contribution in [0.25, 0.3) is 0 Å². The number of hydrogen-bond donors (Lipinski definition) is 1. The molecular weight excluding hydrogens is 344 g/mol. The molecule has 0 aliphatic carbocycles. The fraction of sp³-hybridized carbons (Fsp3) is 0.333. The third-order valence-corrected chi connectivity index (χ3v) is 4.50. The Hall–Kier alpha value is -0.780. The molecule has 0 aliphatic rings. The molecule has 0 radical (unpaired) electrons. The van der Waals surface area contributed by atoms with Crippen molar-refractivity contribution < 1.29 is 8.78 Å². The van der Waals surface area contributed by atoms with Crippen molar-refractivity contribution >= 4 is 27.3 Å². The summed E-state index contributed by atoms with van der Waals surface area (Å²) in [6.07, 6.45) is 0.903. The number of benzene rings is 1. The molecular formula is C15H16BrF2NS. The summed E-state index contributed by atoms with van der Waals surface area (Å²) in [7, 11) is 0. The van der Waals surface area contributed by atoms with E-state index in [1.165, 1.54) is 12.1 Å². The van der Waals surface area contributed by atoms with Crippen LogP contribution in [0.5, 0.6) is 0 Å². The Kier molecular flexibility index (Phi) is 5.29. The second-order valence-electron chi connectivity index (χ2n) is 4.62. The second kappa shape index (κ2) is 6.78. The lowest BCUT2D eigenvalue weighted by atomic mass is 10.0. The van der Waals surface area contributed by atoms with Gasteiger partial charge < -0.3 is 5.32 Å². The van der Waals surface area contributed by atoms with Crippen molar-refractivity contribution in [2.24, 2.45) is 0 Å². The van der Waals surface area contributed by atoms with Crippen molar-refractivity contribution in [2.45, 2.75) is 26.3 Å². The van der Waals surface area contributed by atoms with Crippen LogP contribution in [-0.4, -0.2) is 6.54 Å². The van der Waals surface area contributed by atoms with Gasteiger partial charge in [-0.2, -0.15) is 0 Å². The van der Waals surface area contributed by atoms with Crippen LogP contribution in [-0.2, 0) is 0 Å². The first-order valence-corrected chi connectivity index (χ1v) is 8.08. The lowest BCUT2D eigenvalue weighted by Crippen LogP contribution is -2.24. The number of rotatable bonds is 5. The van der Waals surface area contributed by atoms with Crippen LogP contribution in [0.4, 0.5) is 8.78 Å².